The molecule has 33 heavy (non-hydrogen) atoms. The Balaban J connectivity index is 1.63. The Morgan fingerprint density at radius 1 is 0.909 bits per heavy atom. The van der Waals surface area contributed by atoms with Crippen LogP contribution in [0.15, 0.2) is 59.7 Å². The van der Waals surface area contributed by atoms with Gasteiger partial charge >= 0.3 is 0 Å². The maximum absolute atomic E-state index is 6.50. The largest absolute Gasteiger partial charge is 0.493 e. The van der Waals surface area contributed by atoms with Gasteiger partial charge in [0, 0.05) is 23.1 Å². The quantitative estimate of drug-likeness (QED) is 0.515. The van der Waals surface area contributed by atoms with Crippen LogP contribution in [0.3, 0.4) is 0 Å². The number of para-hydroxylation sites is 1. The molecule has 0 amide bonds. The van der Waals surface area contributed by atoms with Gasteiger partial charge in [-0.3, -0.25) is 0 Å². The van der Waals surface area contributed by atoms with Crippen LogP contribution in [-0.2, 0) is 0 Å². The molecule has 0 saturated heterocycles. The molecule has 0 bridgehead atoms. The fourth-order valence-electron chi connectivity index (χ4n) is 4.80. The highest BCUT2D eigenvalue weighted by Crippen LogP contribution is 2.49. The van der Waals surface area contributed by atoms with E-state index >= 15 is 0 Å². The van der Waals surface area contributed by atoms with E-state index in [-0.39, 0.29) is 6.04 Å². The molecule has 2 unspecified atom stereocenters. The van der Waals surface area contributed by atoms with Gasteiger partial charge in [-0.25, -0.2) is 5.01 Å². The third-order valence-electron chi connectivity index (χ3n) is 6.36. The molecule has 2 aliphatic heterocycles. The Hall–Kier alpha value is -3.67. The Bertz CT molecular complexity index is 1210. The van der Waals surface area contributed by atoms with Gasteiger partial charge in [0.2, 0.25) is 12.0 Å². The lowest BCUT2D eigenvalue weighted by molar-refractivity contribution is -0.0192. The molecular weight excluding hydrogens is 416 g/mol. The van der Waals surface area contributed by atoms with E-state index in [1.54, 1.807) is 21.3 Å². The highest BCUT2D eigenvalue weighted by atomic mass is 16.5. The summed E-state index contributed by atoms with van der Waals surface area (Å²) in [7, 11) is 4.84. The first-order chi connectivity index (χ1) is 16.0. The highest BCUT2D eigenvalue weighted by Gasteiger charge is 2.41. The van der Waals surface area contributed by atoms with Crippen molar-refractivity contribution in [2.24, 2.45) is 5.10 Å². The van der Waals surface area contributed by atoms with Crippen molar-refractivity contribution in [2.75, 3.05) is 21.3 Å². The molecular formula is C27H28N2O4. The van der Waals surface area contributed by atoms with Crippen LogP contribution in [0, 0.1) is 13.8 Å². The zero-order valence-electron chi connectivity index (χ0n) is 19.6. The lowest BCUT2D eigenvalue weighted by atomic mass is 9.94. The number of aryl methyl sites for hydroxylation is 2. The Labute approximate surface area is 194 Å². The highest BCUT2D eigenvalue weighted by molar-refractivity contribution is 6.03. The van der Waals surface area contributed by atoms with Crippen LogP contribution in [-0.4, -0.2) is 32.0 Å². The number of ether oxygens (including phenoxy) is 4. The minimum atomic E-state index is -0.429. The summed E-state index contributed by atoms with van der Waals surface area (Å²) in [6, 6.07) is 18.7. The van der Waals surface area contributed by atoms with E-state index in [1.807, 2.05) is 24.3 Å². The summed E-state index contributed by atoms with van der Waals surface area (Å²) in [4.78, 5) is 0. The number of hydrazone groups is 1. The van der Waals surface area contributed by atoms with Crippen LogP contribution in [0.4, 0.5) is 0 Å². The third-order valence-corrected chi connectivity index (χ3v) is 6.36. The van der Waals surface area contributed by atoms with Crippen LogP contribution in [0.2, 0.25) is 0 Å². The first-order valence-corrected chi connectivity index (χ1v) is 11.0. The van der Waals surface area contributed by atoms with E-state index < -0.39 is 6.23 Å². The van der Waals surface area contributed by atoms with E-state index in [9.17, 15) is 0 Å². The molecule has 0 saturated carbocycles. The molecule has 5 rings (SSSR count). The van der Waals surface area contributed by atoms with Crippen molar-refractivity contribution in [1.29, 1.82) is 0 Å². The lowest BCUT2D eigenvalue weighted by Crippen LogP contribution is -2.33. The number of fused-ring (bicyclic) bond motifs is 3. The number of rotatable bonds is 5. The van der Waals surface area contributed by atoms with Crippen molar-refractivity contribution in [3.05, 3.63) is 82.4 Å². The third kappa shape index (κ3) is 3.55. The maximum Gasteiger partial charge on any atom is 0.214 e. The fourth-order valence-corrected chi connectivity index (χ4v) is 4.80. The lowest BCUT2D eigenvalue weighted by Gasteiger charge is -2.38. The summed E-state index contributed by atoms with van der Waals surface area (Å²) in [6.07, 6.45) is 0.382. The molecule has 2 atom stereocenters. The second-order valence-electron chi connectivity index (χ2n) is 8.43. The topological polar surface area (TPSA) is 52.5 Å². The molecule has 2 aliphatic rings. The molecule has 0 fully saturated rings. The summed E-state index contributed by atoms with van der Waals surface area (Å²) in [5, 5.41) is 7.16. The molecule has 6 nitrogen and oxygen atoms in total. The van der Waals surface area contributed by atoms with Gasteiger partial charge in [-0.2, -0.15) is 5.10 Å². The molecule has 3 aromatic carbocycles. The number of benzene rings is 3. The van der Waals surface area contributed by atoms with E-state index in [1.165, 1.54) is 16.7 Å². The molecule has 0 radical (unpaired) electrons. The van der Waals surface area contributed by atoms with Crippen LogP contribution in [0.25, 0.3) is 0 Å². The summed E-state index contributed by atoms with van der Waals surface area (Å²) in [5.74, 6) is 2.60. The number of hydrogen-bond acceptors (Lipinski definition) is 6. The minimum absolute atomic E-state index is 0.0785. The summed E-state index contributed by atoms with van der Waals surface area (Å²) < 4.78 is 23.2. The van der Waals surface area contributed by atoms with Crippen LogP contribution < -0.4 is 18.9 Å². The fraction of sp³-hybridized carbons (Fsp3) is 0.296. The van der Waals surface area contributed by atoms with Crippen LogP contribution in [0.5, 0.6) is 23.0 Å². The predicted octanol–water partition coefficient (Wildman–Crippen LogP) is 5.57. The van der Waals surface area contributed by atoms with Gasteiger partial charge in [0.15, 0.2) is 11.5 Å². The van der Waals surface area contributed by atoms with Gasteiger partial charge in [-0.05, 0) is 37.6 Å². The number of methoxy groups -OCH3 is 3. The van der Waals surface area contributed by atoms with Crippen LogP contribution >= 0.6 is 0 Å². The Kier molecular flexibility index (Phi) is 5.36. The zero-order chi connectivity index (χ0) is 23.1. The van der Waals surface area contributed by atoms with Gasteiger partial charge in [0.1, 0.15) is 5.75 Å². The summed E-state index contributed by atoms with van der Waals surface area (Å²) >= 11 is 0. The van der Waals surface area contributed by atoms with Crippen molar-refractivity contribution >= 4 is 5.71 Å². The van der Waals surface area contributed by atoms with Gasteiger partial charge in [-0.1, -0.05) is 42.0 Å². The molecule has 6 heteroatoms. The monoisotopic (exact) mass is 444 g/mol. The van der Waals surface area contributed by atoms with E-state index in [2.05, 4.69) is 49.2 Å². The average Bonchev–Trinajstić information content (AvgIpc) is 3.27. The van der Waals surface area contributed by atoms with E-state index in [4.69, 9.17) is 24.0 Å². The molecule has 0 N–H and O–H groups in total. The first-order valence-electron chi connectivity index (χ1n) is 11.0. The molecule has 0 spiro atoms. The SMILES string of the molecule is COc1cc(C2Oc3ccccc3C3CC(c4ccc(C)cc4C)=NN32)cc(OC)c1OC. The summed E-state index contributed by atoms with van der Waals surface area (Å²) in [6.45, 7) is 4.25. The van der Waals surface area contributed by atoms with Gasteiger partial charge in [0.05, 0.1) is 33.1 Å². The van der Waals surface area contributed by atoms with E-state index in [0.717, 1.165) is 29.0 Å². The number of hydrogen-bond donors (Lipinski definition) is 0. The first kappa shape index (κ1) is 21.2. The zero-order valence-corrected chi connectivity index (χ0v) is 19.6. The van der Waals surface area contributed by atoms with Crippen molar-refractivity contribution < 1.29 is 18.9 Å². The van der Waals surface area contributed by atoms with Gasteiger partial charge in [0.25, 0.3) is 0 Å². The summed E-state index contributed by atoms with van der Waals surface area (Å²) in [5.41, 5.74) is 6.74. The minimum Gasteiger partial charge on any atom is -0.493 e. The van der Waals surface area contributed by atoms with Crippen molar-refractivity contribution in [2.45, 2.75) is 32.5 Å². The normalized spacial score (nSPS) is 18.7. The molecule has 2 heterocycles. The second kappa shape index (κ2) is 8.35. The van der Waals surface area contributed by atoms with Gasteiger partial charge < -0.3 is 18.9 Å². The average molecular weight is 445 g/mol. The smallest absolute Gasteiger partial charge is 0.214 e. The van der Waals surface area contributed by atoms with Crippen molar-refractivity contribution in [1.82, 2.24) is 5.01 Å². The molecule has 0 aromatic heterocycles. The molecule has 170 valence electrons. The standard InChI is InChI=1S/C27H28N2O4/c1-16-10-11-19(17(2)12-16)21-15-22-20-8-6-7-9-23(20)33-27(29(22)28-21)18-13-24(30-3)26(32-5)25(14-18)31-4/h6-14,22,27H,15H2,1-5H3. The van der Waals surface area contributed by atoms with Crippen molar-refractivity contribution in [3.63, 3.8) is 0 Å². The second-order valence-corrected chi connectivity index (χ2v) is 8.43. The predicted molar refractivity (Wildman–Crippen MR) is 128 cm³/mol. The number of nitrogens with zero attached hydrogens (tertiary/aromatic N) is 2. The van der Waals surface area contributed by atoms with Crippen LogP contribution in [0.1, 0.15) is 46.5 Å². The Morgan fingerprint density at radius 3 is 2.30 bits per heavy atom. The maximum atomic E-state index is 6.50. The van der Waals surface area contributed by atoms with Gasteiger partial charge in [-0.15, -0.1) is 0 Å². The molecule has 3 aromatic rings. The van der Waals surface area contributed by atoms with E-state index in [0.29, 0.717) is 17.2 Å². The molecule has 0 aliphatic carbocycles. The Morgan fingerprint density at radius 2 is 1.64 bits per heavy atom. The van der Waals surface area contributed by atoms with Crippen molar-refractivity contribution in [3.8, 4) is 23.0 Å².